The molecule has 0 saturated carbocycles. The highest BCUT2D eigenvalue weighted by molar-refractivity contribution is 4.72. The Hall–Kier alpha value is -0.0800. The molecule has 0 aromatic carbocycles. The minimum atomic E-state index is -0.495. The van der Waals surface area contributed by atoms with Crippen LogP contribution in [0.2, 0.25) is 0 Å². The number of rotatable bonds is 1. The van der Waals surface area contributed by atoms with Gasteiger partial charge in [-0.15, -0.1) is 0 Å². The zero-order valence-electron chi connectivity index (χ0n) is 6.00. The minimum absolute atomic E-state index is 0.292. The van der Waals surface area contributed by atoms with Crippen LogP contribution in [0.5, 0.6) is 0 Å². The fraction of sp³-hybridized carbons (Fsp3) is 1.00. The average molecular weight is 130 g/mol. The van der Waals surface area contributed by atoms with E-state index in [9.17, 15) is 0 Å². The van der Waals surface area contributed by atoms with Crippen LogP contribution in [0.3, 0.4) is 0 Å². The lowest BCUT2D eigenvalue weighted by Crippen LogP contribution is -2.12. The molecule has 0 radical (unpaired) electrons. The topological polar surface area (TPSA) is 29.5 Å². The maximum Gasteiger partial charge on any atom is 0.155 e. The molecule has 1 heterocycles. The first kappa shape index (κ1) is 7.03. The lowest BCUT2D eigenvalue weighted by Gasteiger charge is -2.09. The van der Waals surface area contributed by atoms with Gasteiger partial charge in [0.25, 0.3) is 0 Å². The van der Waals surface area contributed by atoms with E-state index in [0.29, 0.717) is 12.0 Å². The molecule has 54 valence electrons. The van der Waals surface area contributed by atoms with E-state index in [1.165, 1.54) is 0 Å². The van der Waals surface area contributed by atoms with Crippen LogP contribution in [0.4, 0.5) is 0 Å². The first-order valence-electron chi connectivity index (χ1n) is 3.57. The summed E-state index contributed by atoms with van der Waals surface area (Å²) in [5, 5.41) is 8.98. The van der Waals surface area contributed by atoms with Gasteiger partial charge in [0, 0.05) is 6.42 Å². The third kappa shape index (κ3) is 1.43. The summed E-state index contributed by atoms with van der Waals surface area (Å²) in [6, 6.07) is 0. The SMILES string of the molecule is CC[C@@H]1OC(O)C[C@H]1C. The van der Waals surface area contributed by atoms with Gasteiger partial charge in [-0.3, -0.25) is 0 Å². The molecule has 0 aliphatic carbocycles. The summed E-state index contributed by atoms with van der Waals surface area (Å²) in [7, 11) is 0. The Morgan fingerprint density at radius 1 is 1.67 bits per heavy atom. The highest BCUT2D eigenvalue weighted by Crippen LogP contribution is 2.26. The predicted octanol–water partition coefficient (Wildman–Crippen LogP) is 1.14. The van der Waals surface area contributed by atoms with Crippen LogP contribution in [-0.2, 0) is 4.74 Å². The molecule has 0 aromatic rings. The molecule has 2 nitrogen and oxygen atoms in total. The normalized spacial score (nSPS) is 43.7. The van der Waals surface area contributed by atoms with Crippen molar-refractivity contribution in [2.24, 2.45) is 5.92 Å². The van der Waals surface area contributed by atoms with Crippen molar-refractivity contribution in [3.05, 3.63) is 0 Å². The molecule has 2 heteroatoms. The number of aliphatic hydroxyl groups excluding tert-OH is 1. The van der Waals surface area contributed by atoms with Gasteiger partial charge in [-0.25, -0.2) is 0 Å². The van der Waals surface area contributed by atoms with Crippen LogP contribution in [0, 0.1) is 5.92 Å². The van der Waals surface area contributed by atoms with Crippen LogP contribution < -0.4 is 0 Å². The fourth-order valence-corrected chi connectivity index (χ4v) is 1.36. The Labute approximate surface area is 55.8 Å². The Morgan fingerprint density at radius 2 is 2.33 bits per heavy atom. The van der Waals surface area contributed by atoms with Crippen molar-refractivity contribution in [1.29, 1.82) is 0 Å². The molecule has 1 fully saturated rings. The smallest absolute Gasteiger partial charge is 0.155 e. The molecule has 9 heavy (non-hydrogen) atoms. The first-order chi connectivity index (χ1) is 4.24. The molecule has 3 atom stereocenters. The van der Waals surface area contributed by atoms with Gasteiger partial charge in [0.15, 0.2) is 6.29 Å². The van der Waals surface area contributed by atoms with Gasteiger partial charge in [0.2, 0.25) is 0 Å². The van der Waals surface area contributed by atoms with E-state index >= 15 is 0 Å². The molecule has 0 bridgehead atoms. The molecular formula is C7H14O2. The molecule has 1 unspecified atom stereocenters. The first-order valence-corrected chi connectivity index (χ1v) is 3.57. The van der Waals surface area contributed by atoms with Crippen LogP contribution in [0.25, 0.3) is 0 Å². The van der Waals surface area contributed by atoms with Gasteiger partial charge in [0.05, 0.1) is 6.10 Å². The van der Waals surface area contributed by atoms with Crippen molar-refractivity contribution >= 4 is 0 Å². The molecule has 0 aromatic heterocycles. The monoisotopic (exact) mass is 130 g/mol. The summed E-state index contributed by atoms with van der Waals surface area (Å²) in [5.74, 6) is 0.532. The molecule has 1 aliphatic rings. The highest BCUT2D eigenvalue weighted by Gasteiger charge is 2.28. The maximum atomic E-state index is 8.98. The maximum absolute atomic E-state index is 8.98. The van der Waals surface area contributed by atoms with E-state index in [-0.39, 0.29) is 0 Å². The van der Waals surface area contributed by atoms with Crippen LogP contribution in [-0.4, -0.2) is 17.5 Å². The zero-order chi connectivity index (χ0) is 6.85. The van der Waals surface area contributed by atoms with Gasteiger partial charge in [0.1, 0.15) is 0 Å². The van der Waals surface area contributed by atoms with E-state index < -0.39 is 6.29 Å². The zero-order valence-corrected chi connectivity index (χ0v) is 6.00. The summed E-state index contributed by atoms with van der Waals surface area (Å²) < 4.78 is 5.18. The van der Waals surface area contributed by atoms with E-state index in [0.717, 1.165) is 12.8 Å². The molecule has 0 amide bonds. The Morgan fingerprint density at radius 3 is 2.56 bits per heavy atom. The molecule has 1 saturated heterocycles. The van der Waals surface area contributed by atoms with E-state index in [1.54, 1.807) is 0 Å². The number of ether oxygens (including phenoxy) is 1. The van der Waals surface area contributed by atoms with Gasteiger partial charge < -0.3 is 9.84 Å². The van der Waals surface area contributed by atoms with Crippen molar-refractivity contribution in [1.82, 2.24) is 0 Å². The molecule has 1 N–H and O–H groups in total. The third-order valence-electron chi connectivity index (χ3n) is 1.94. The molecular weight excluding hydrogens is 116 g/mol. The summed E-state index contributed by atoms with van der Waals surface area (Å²) >= 11 is 0. The number of aliphatic hydroxyl groups is 1. The van der Waals surface area contributed by atoms with Crippen molar-refractivity contribution in [2.75, 3.05) is 0 Å². The van der Waals surface area contributed by atoms with Crippen molar-refractivity contribution in [2.45, 2.75) is 39.1 Å². The van der Waals surface area contributed by atoms with Crippen molar-refractivity contribution in [3.8, 4) is 0 Å². The third-order valence-corrected chi connectivity index (χ3v) is 1.94. The standard InChI is InChI=1S/C7H14O2/c1-3-6-5(2)4-7(8)9-6/h5-8H,3-4H2,1-2H3/t5-,6+,7?/m1/s1. The summed E-state index contributed by atoms with van der Waals surface area (Å²) in [4.78, 5) is 0. The van der Waals surface area contributed by atoms with Crippen LogP contribution >= 0.6 is 0 Å². The fourth-order valence-electron chi connectivity index (χ4n) is 1.36. The Kier molecular flexibility index (Phi) is 2.09. The van der Waals surface area contributed by atoms with Crippen LogP contribution in [0.1, 0.15) is 26.7 Å². The Bertz CT molecular complexity index is 92.9. The Balaban J connectivity index is 2.38. The van der Waals surface area contributed by atoms with Crippen molar-refractivity contribution in [3.63, 3.8) is 0 Å². The summed E-state index contributed by atoms with van der Waals surface area (Å²) in [5.41, 5.74) is 0. The largest absolute Gasteiger partial charge is 0.368 e. The number of hydrogen-bond acceptors (Lipinski definition) is 2. The molecule has 0 spiro atoms. The second-order valence-electron chi connectivity index (χ2n) is 2.75. The van der Waals surface area contributed by atoms with Gasteiger partial charge in [-0.2, -0.15) is 0 Å². The number of hydrogen-bond donors (Lipinski definition) is 1. The minimum Gasteiger partial charge on any atom is -0.368 e. The van der Waals surface area contributed by atoms with Crippen molar-refractivity contribution < 1.29 is 9.84 Å². The lowest BCUT2D eigenvalue weighted by atomic mass is 10.0. The quantitative estimate of drug-likeness (QED) is 0.576. The average Bonchev–Trinajstić information content (AvgIpc) is 2.10. The molecule has 1 aliphatic heterocycles. The second-order valence-corrected chi connectivity index (χ2v) is 2.75. The van der Waals surface area contributed by atoms with Gasteiger partial charge >= 0.3 is 0 Å². The highest BCUT2D eigenvalue weighted by atomic mass is 16.6. The van der Waals surface area contributed by atoms with Crippen LogP contribution in [0.15, 0.2) is 0 Å². The van der Waals surface area contributed by atoms with E-state index in [2.05, 4.69) is 13.8 Å². The summed E-state index contributed by atoms with van der Waals surface area (Å²) in [6.07, 6.45) is 1.61. The summed E-state index contributed by atoms with van der Waals surface area (Å²) in [6.45, 7) is 4.20. The van der Waals surface area contributed by atoms with E-state index in [4.69, 9.17) is 9.84 Å². The predicted molar refractivity (Wildman–Crippen MR) is 35.0 cm³/mol. The van der Waals surface area contributed by atoms with Gasteiger partial charge in [-0.05, 0) is 12.3 Å². The van der Waals surface area contributed by atoms with Gasteiger partial charge in [-0.1, -0.05) is 13.8 Å². The second kappa shape index (κ2) is 2.67. The lowest BCUT2D eigenvalue weighted by molar-refractivity contribution is -0.0921. The van der Waals surface area contributed by atoms with E-state index in [1.807, 2.05) is 0 Å². The molecule has 1 rings (SSSR count).